The second kappa shape index (κ2) is 7.20. The number of hydrogen-bond acceptors (Lipinski definition) is 4. The minimum atomic E-state index is -4.58. The zero-order valence-corrected chi connectivity index (χ0v) is 14.4. The molecule has 0 fully saturated rings. The lowest BCUT2D eigenvalue weighted by molar-refractivity contribution is -0.384. The van der Waals surface area contributed by atoms with Crippen molar-refractivity contribution >= 4 is 34.6 Å². The van der Waals surface area contributed by atoms with E-state index >= 15 is 0 Å². The average molecular weight is 388 g/mol. The van der Waals surface area contributed by atoms with Crippen LogP contribution in [0.15, 0.2) is 36.4 Å². The number of hydrogen-bond donors (Lipinski definition) is 1. The van der Waals surface area contributed by atoms with E-state index in [0.29, 0.717) is 5.69 Å². The van der Waals surface area contributed by atoms with Crippen LogP contribution in [0, 0.1) is 10.1 Å². The molecule has 0 aliphatic rings. The number of nitro groups is 1. The molecule has 0 saturated carbocycles. The molecule has 0 atom stereocenters. The second-order valence-electron chi connectivity index (χ2n) is 5.50. The van der Waals surface area contributed by atoms with E-state index in [2.05, 4.69) is 5.32 Å². The Morgan fingerprint density at radius 3 is 2.38 bits per heavy atom. The minimum Gasteiger partial charge on any atom is -0.376 e. The van der Waals surface area contributed by atoms with Crippen LogP contribution in [0.5, 0.6) is 0 Å². The molecule has 0 aliphatic heterocycles. The first-order valence-corrected chi connectivity index (χ1v) is 7.52. The van der Waals surface area contributed by atoms with Crippen molar-refractivity contribution in [2.45, 2.75) is 6.18 Å². The third-order valence-electron chi connectivity index (χ3n) is 3.46. The normalized spacial score (nSPS) is 11.2. The summed E-state index contributed by atoms with van der Waals surface area (Å²) in [6.07, 6.45) is -4.58. The molecule has 0 saturated heterocycles. The van der Waals surface area contributed by atoms with E-state index < -0.39 is 28.3 Å². The van der Waals surface area contributed by atoms with Gasteiger partial charge in [0.25, 0.3) is 11.6 Å². The topological polar surface area (TPSA) is 75.5 Å². The summed E-state index contributed by atoms with van der Waals surface area (Å²) in [5.74, 6) is -0.799. The first kappa shape index (κ1) is 19.5. The molecule has 26 heavy (non-hydrogen) atoms. The Morgan fingerprint density at radius 2 is 1.85 bits per heavy atom. The molecule has 0 aliphatic carbocycles. The summed E-state index contributed by atoms with van der Waals surface area (Å²) < 4.78 is 38.8. The van der Waals surface area contributed by atoms with Gasteiger partial charge in [0.15, 0.2) is 0 Å². The van der Waals surface area contributed by atoms with Crippen molar-refractivity contribution in [3.63, 3.8) is 0 Å². The second-order valence-corrected chi connectivity index (χ2v) is 5.91. The third-order valence-corrected chi connectivity index (χ3v) is 3.78. The van der Waals surface area contributed by atoms with Gasteiger partial charge in [-0.05, 0) is 30.3 Å². The third kappa shape index (κ3) is 4.23. The summed E-state index contributed by atoms with van der Waals surface area (Å²) in [7, 11) is 3.21. The van der Waals surface area contributed by atoms with E-state index in [1.165, 1.54) is 23.1 Å². The minimum absolute atomic E-state index is 0.0765. The number of benzene rings is 2. The van der Waals surface area contributed by atoms with Gasteiger partial charge in [0.1, 0.15) is 5.02 Å². The summed E-state index contributed by atoms with van der Waals surface area (Å²) in [6, 6.07) is 6.31. The van der Waals surface area contributed by atoms with Crippen molar-refractivity contribution in [3.05, 3.63) is 62.7 Å². The zero-order chi connectivity index (χ0) is 19.6. The largest absolute Gasteiger partial charge is 0.416 e. The molecule has 10 heteroatoms. The molecule has 1 N–H and O–H groups in total. The maximum atomic E-state index is 12.9. The fourth-order valence-corrected chi connectivity index (χ4v) is 2.38. The smallest absolute Gasteiger partial charge is 0.376 e. The van der Waals surface area contributed by atoms with Gasteiger partial charge in [-0.3, -0.25) is 14.9 Å². The molecule has 0 bridgehead atoms. The average Bonchev–Trinajstić information content (AvgIpc) is 2.53. The van der Waals surface area contributed by atoms with Crippen LogP contribution in [0.3, 0.4) is 0 Å². The zero-order valence-electron chi connectivity index (χ0n) is 13.6. The fourth-order valence-electron chi connectivity index (χ4n) is 2.19. The van der Waals surface area contributed by atoms with Gasteiger partial charge in [-0.25, -0.2) is 0 Å². The van der Waals surface area contributed by atoms with Crippen molar-refractivity contribution in [1.29, 1.82) is 0 Å². The number of halogens is 4. The molecule has 2 aromatic rings. The van der Waals surface area contributed by atoms with E-state index in [-0.39, 0.29) is 16.3 Å². The first-order valence-electron chi connectivity index (χ1n) is 7.14. The van der Waals surface area contributed by atoms with E-state index in [4.69, 9.17) is 11.6 Å². The summed E-state index contributed by atoms with van der Waals surface area (Å²) in [6.45, 7) is 0. The number of nitrogens with zero attached hydrogens (tertiary/aromatic N) is 2. The quantitative estimate of drug-likeness (QED) is 0.615. The standard InChI is InChI=1S/C16H13ClF3N3O3/c1-22(2)13-6-4-10(16(18,19)20)8-12(13)21-15(24)9-3-5-11(17)14(7-9)23(25)26/h3-8H,1-2H3,(H,21,24). The van der Waals surface area contributed by atoms with Gasteiger partial charge in [0.05, 0.1) is 21.9 Å². The Balaban J connectivity index is 2.42. The van der Waals surface area contributed by atoms with Crippen LogP contribution in [0.2, 0.25) is 5.02 Å². The number of nitro benzene ring substituents is 1. The van der Waals surface area contributed by atoms with Crippen molar-refractivity contribution in [1.82, 2.24) is 0 Å². The number of alkyl halides is 3. The van der Waals surface area contributed by atoms with Crippen LogP contribution in [-0.2, 0) is 6.18 Å². The molecule has 2 aromatic carbocycles. The highest BCUT2D eigenvalue weighted by atomic mass is 35.5. The number of carbonyl (C=O) groups is 1. The molecule has 0 aromatic heterocycles. The number of amides is 1. The van der Waals surface area contributed by atoms with Gasteiger partial charge in [-0.1, -0.05) is 11.6 Å². The lowest BCUT2D eigenvalue weighted by Gasteiger charge is -2.20. The molecular formula is C16H13ClF3N3O3. The highest BCUT2D eigenvalue weighted by Crippen LogP contribution is 2.35. The van der Waals surface area contributed by atoms with Crippen LogP contribution in [0.1, 0.15) is 15.9 Å². The molecule has 2 rings (SSSR count). The number of rotatable bonds is 4. The van der Waals surface area contributed by atoms with E-state index in [0.717, 1.165) is 18.2 Å². The van der Waals surface area contributed by atoms with Gasteiger partial charge < -0.3 is 10.2 Å². The number of nitrogens with one attached hydrogen (secondary N) is 1. The molecule has 1 amide bonds. The highest BCUT2D eigenvalue weighted by molar-refractivity contribution is 6.32. The molecule has 0 heterocycles. The summed E-state index contributed by atoms with van der Waals surface area (Å²) in [4.78, 5) is 24.0. The fraction of sp³-hybridized carbons (Fsp3) is 0.188. The lowest BCUT2D eigenvalue weighted by atomic mass is 10.1. The molecule has 138 valence electrons. The Labute approximate surface area is 151 Å². The SMILES string of the molecule is CN(C)c1ccc(C(F)(F)F)cc1NC(=O)c1ccc(Cl)c([N+](=O)[O-])c1. The van der Waals surface area contributed by atoms with Gasteiger partial charge in [-0.15, -0.1) is 0 Å². The molecule has 6 nitrogen and oxygen atoms in total. The Morgan fingerprint density at radius 1 is 1.19 bits per heavy atom. The monoisotopic (exact) mass is 387 g/mol. The van der Waals surface area contributed by atoms with Crippen LogP contribution in [0.25, 0.3) is 0 Å². The van der Waals surface area contributed by atoms with Crippen molar-refractivity contribution < 1.29 is 22.9 Å². The van der Waals surface area contributed by atoms with E-state index in [1.54, 1.807) is 14.1 Å². The van der Waals surface area contributed by atoms with Gasteiger partial charge >= 0.3 is 6.18 Å². The maximum Gasteiger partial charge on any atom is 0.416 e. The summed E-state index contributed by atoms with van der Waals surface area (Å²) in [5, 5.41) is 13.1. The number of anilines is 2. The Bertz CT molecular complexity index is 870. The van der Waals surface area contributed by atoms with Gasteiger partial charge in [0, 0.05) is 25.7 Å². The molecule has 0 radical (unpaired) electrons. The summed E-state index contributed by atoms with van der Waals surface area (Å²) >= 11 is 5.69. The molecule has 0 spiro atoms. The van der Waals surface area contributed by atoms with Crippen molar-refractivity contribution in [2.75, 3.05) is 24.3 Å². The lowest BCUT2D eigenvalue weighted by Crippen LogP contribution is -2.18. The summed E-state index contributed by atoms with van der Waals surface area (Å²) in [5.41, 5.74) is -1.25. The van der Waals surface area contributed by atoms with Gasteiger partial charge in [-0.2, -0.15) is 13.2 Å². The maximum absolute atomic E-state index is 12.9. The van der Waals surface area contributed by atoms with Crippen LogP contribution in [-0.4, -0.2) is 24.9 Å². The highest BCUT2D eigenvalue weighted by Gasteiger charge is 2.31. The van der Waals surface area contributed by atoms with E-state index in [9.17, 15) is 28.1 Å². The molecular weight excluding hydrogens is 375 g/mol. The van der Waals surface area contributed by atoms with Crippen LogP contribution in [0.4, 0.5) is 30.2 Å². The Hall–Kier alpha value is -2.81. The van der Waals surface area contributed by atoms with Crippen molar-refractivity contribution in [2.24, 2.45) is 0 Å². The predicted molar refractivity (Wildman–Crippen MR) is 91.8 cm³/mol. The van der Waals surface area contributed by atoms with Crippen LogP contribution < -0.4 is 10.2 Å². The van der Waals surface area contributed by atoms with E-state index in [1.807, 2.05) is 0 Å². The Kier molecular flexibility index (Phi) is 5.41. The first-order chi connectivity index (χ1) is 12.0. The van der Waals surface area contributed by atoms with Crippen molar-refractivity contribution in [3.8, 4) is 0 Å². The molecule has 0 unspecified atom stereocenters. The van der Waals surface area contributed by atoms with Crippen LogP contribution >= 0.6 is 11.6 Å². The number of carbonyl (C=O) groups excluding carboxylic acids is 1. The van der Waals surface area contributed by atoms with Gasteiger partial charge in [0.2, 0.25) is 0 Å². The predicted octanol–water partition coefficient (Wildman–Crippen LogP) is 4.59.